The van der Waals surface area contributed by atoms with Crippen LogP contribution in [0.1, 0.15) is 59.8 Å². The van der Waals surface area contributed by atoms with Crippen molar-refractivity contribution in [2.75, 3.05) is 19.8 Å². The predicted octanol–water partition coefficient (Wildman–Crippen LogP) is 1.96. The SMILES string of the molecule is CCCCNC(=O)C1N([C@@H](CO)[C@@H](C)CC)C(=O)[C@@H]2[C@@H](C(=O)OCC)[C@H]3CCC12S3. The van der Waals surface area contributed by atoms with Crippen molar-refractivity contribution in [1.29, 1.82) is 0 Å². The molecule has 0 aliphatic carbocycles. The molecular weight excluding hydrogens is 404 g/mol. The molecule has 1 spiro atoms. The van der Waals surface area contributed by atoms with Gasteiger partial charge in [-0.25, -0.2) is 0 Å². The lowest BCUT2D eigenvalue weighted by Gasteiger charge is -2.39. The van der Waals surface area contributed by atoms with Gasteiger partial charge in [-0.2, -0.15) is 0 Å². The normalized spacial score (nSPS) is 34.0. The molecule has 8 heteroatoms. The molecule has 2 N–H and O–H groups in total. The van der Waals surface area contributed by atoms with Gasteiger partial charge in [0.25, 0.3) is 0 Å². The largest absolute Gasteiger partial charge is 0.466 e. The summed E-state index contributed by atoms with van der Waals surface area (Å²) < 4.78 is 4.71. The zero-order chi connectivity index (χ0) is 22.1. The monoisotopic (exact) mass is 440 g/mol. The topological polar surface area (TPSA) is 95.9 Å². The fourth-order valence-corrected chi connectivity index (χ4v) is 7.75. The van der Waals surface area contributed by atoms with Crippen molar-refractivity contribution in [1.82, 2.24) is 10.2 Å². The molecule has 2 unspecified atom stereocenters. The summed E-state index contributed by atoms with van der Waals surface area (Å²) >= 11 is 1.64. The summed E-state index contributed by atoms with van der Waals surface area (Å²) in [5.41, 5.74) is 0. The van der Waals surface area contributed by atoms with Gasteiger partial charge in [0.05, 0.1) is 35.8 Å². The molecule has 0 aromatic heterocycles. The van der Waals surface area contributed by atoms with Crippen molar-refractivity contribution in [3.05, 3.63) is 0 Å². The summed E-state index contributed by atoms with van der Waals surface area (Å²) in [4.78, 5) is 41.6. The molecule has 170 valence electrons. The molecule has 0 radical (unpaired) electrons. The number of aliphatic hydroxyl groups is 1. The van der Waals surface area contributed by atoms with E-state index in [9.17, 15) is 19.5 Å². The number of fused-ring (bicyclic) bond motifs is 1. The zero-order valence-electron chi connectivity index (χ0n) is 18.6. The Kier molecular flexibility index (Phi) is 7.38. The minimum Gasteiger partial charge on any atom is -0.466 e. The first kappa shape index (κ1) is 23.4. The van der Waals surface area contributed by atoms with Gasteiger partial charge >= 0.3 is 5.97 Å². The Morgan fingerprint density at radius 3 is 2.70 bits per heavy atom. The van der Waals surface area contributed by atoms with E-state index in [1.54, 1.807) is 23.6 Å². The second-order valence-electron chi connectivity index (χ2n) is 8.83. The van der Waals surface area contributed by atoms with Gasteiger partial charge in [-0.15, -0.1) is 11.8 Å². The Labute approximate surface area is 183 Å². The standard InChI is InChI=1S/C22H36N2O5S/c1-5-8-11-23-19(26)18-22-10-9-15(30-22)16(21(28)29-7-3)17(22)20(27)24(18)14(12-25)13(4)6-2/h13-18,25H,5-12H2,1-4H3,(H,23,26)/t13-,14-,15+,16-,17-,18?,22?/m0/s1. The highest BCUT2D eigenvalue weighted by molar-refractivity contribution is 8.02. The van der Waals surface area contributed by atoms with Crippen LogP contribution in [-0.4, -0.2) is 69.6 Å². The number of unbranched alkanes of at least 4 members (excludes halogenated alkanes) is 1. The summed E-state index contributed by atoms with van der Waals surface area (Å²) in [7, 11) is 0. The van der Waals surface area contributed by atoms with Gasteiger partial charge in [-0.3, -0.25) is 14.4 Å². The molecule has 3 saturated heterocycles. The highest BCUT2D eigenvalue weighted by atomic mass is 32.2. The molecule has 2 amide bonds. The number of esters is 1. The predicted molar refractivity (Wildman–Crippen MR) is 116 cm³/mol. The molecule has 3 rings (SSSR count). The van der Waals surface area contributed by atoms with Crippen LogP contribution in [0, 0.1) is 17.8 Å². The Balaban J connectivity index is 2.01. The third-order valence-electron chi connectivity index (χ3n) is 7.22. The fraction of sp³-hybridized carbons (Fsp3) is 0.864. The minimum absolute atomic E-state index is 0.0160. The van der Waals surface area contributed by atoms with Crippen molar-refractivity contribution in [2.45, 2.75) is 81.9 Å². The number of amides is 2. The maximum atomic E-state index is 13.8. The van der Waals surface area contributed by atoms with E-state index in [4.69, 9.17) is 4.74 Å². The van der Waals surface area contributed by atoms with E-state index in [1.807, 2.05) is 13.8 Å². The van der Waals surface area contributed by atoms with Crippen molar-refractivity contribution >= 4 is 29.5 Å². The van der Waals surface area contributed by atoms with Crippen LogP contribution in [0.2, 0.25) is 0 Å². The number of ether oxygens (including phenoxy) is 1. The van der Waals surface area contributed by atoms with Gasteiger partial charge < -0.3 is 20.1 Å². The third-order valence-corrected chi connectivity index (χ3v) is 9.17. The van der Waals surface area contributed by atoms with E-state index in [0.717, 1.165) is 32.1 Å². The molecule has 3 fully saturated rings. The van der Waals surface area contributed by atoms with Crippen molar-refractivity contribution in [2.24, 2.45) is 17.8 Å². The molecular formula is C22H36N2O5S. The van der Waals surface area contributed by atoms with Gasteiger partial charge in [-0.05, 0) is 32.1 Å². The second kappa shape index (κ2) is 9.47. The fourth-order valence-electron chi connectivity index (χ4n) is 5.55. The maximum absolute atomic E-state index is 13.8. The lowest BCUT2D eigenvalue weighted by Crippen LogP contribution is -2.57. The number of carbonyl (C=O) groups is 3. The van der Waals surface area contributed by atoms with Gasteiger partial charge in [0.15, 0.2) is 0 Å². The van der Waals surface area contributed by atoms with Gasteiger partial charge in [0.2, 0.25) is 11.8 Å². The summed E-state index contributed by atoms with van der Waals surface area (Å²) in [6, 6.07) is -1.10. The summed E-state index contributed by atoms with van der Waals surface area (Å²) in [6.07, 6.45) is 4.16. The molecule has 2 bridgehead atoms. The number of hydrogen-bond donors (Lipinski definition) is 2. The number of thioether (sulfide) groups is 1. The summed E-state index contributed by atoms with van der Waals surface area (Å²) in [6.45, 7) is 8.50. The number of likely N-dealkylation sites (tertiary alicyclic amines) is 1. The highest BCUT2D eigenvalue weighted by Crippen LogP contribution is 2.66. The van der Waals surface area contributed by atoms with E-state index >= 15 is 0 Å². The average Bonchev–Trinajstić information content (AvgIpc) is 3.36. The average molecular weight is 441 g/mol. The summed E-state index contributed by atoms with van der Waals surface area (Å²) in [5.74, 6) is -1.67. The number of aliphatic hydroxyl groups excluding tert-OH is 1. The maximum Gasteiger partial charge on any atom is 0.310 e. The van der Waals surface area contributed by atoms with Crippen LogP contribution >= 0.6 is 11.8 Å². The Hall–Kier alpha value is -1.28. The van der Waals surface area contributed by atoms with Gasteiger partial charge in [-0.1, -0.05) is 33.6 Å². The zero-order valence-corrected chi connectivity index (χ0v) is 19.4. The van der Waals surface area contributed by atoms with Crippen LogP contribution in [0.15, 0.2) is 0 Å². The smallest absolute Gasteiger partial charge is 0.310 e. The van der Waals surface area contributed by atoms with E-state index in [-0.39, 0.29) is 42.2 Å². The van der Waals surface area contributed by atoms with Crippen LogP contribution in [0.4, 0.5) is 0 Å². The first-order valence-corrected chi connectivity index (χ1v) is 12.3. The first-order chi connectivity index (χ1) is 14.4. The van der Waals surface area contributed by atoms with Gasteiger partial charge in [0, 0.05) is 11.8 Å². The Morgan fingerprint density at radius 1 is 1.37 bits per heavy atom. The minimum atomic E-state index is -0.660. The van der Waals surface area contributed by atoms with Crippen LogP contribution < -0.4 is 5.32 Å². The van der Waals surface area contributed by atoms with Crippen molar-refractivity contribution in [3.8, 4) is 0 Å². The van der Waals surface area contributed by atoms with Crippen LogP contribution in [0.25, 0.3) is 0 Å². The van der Waals surface area contributed by atoms with Crippen LogP contribution in [-0.2, 0) is 19.1 Å². The number of carbonyl (C=O) groups excluding carboxylic acids is 3. The Morgan fingerprint density at radius 2 is 2.10 bits per heavy atom. The van der Waals surface area contributed by atoms with E-state index in [2.05, 4.69) is 12.2 Å². The molecule has 7 nitrogen and oxygen atoms in total. The van der Waals surface area contributed by atoms with Crippen LogP contribution in [0.3, 0.4) is 0 Å². The number of rotatable bonds is 10. The Bertz CT molecular complexity index is 674. The van der Waals surface area contributed by atoms with Crippen molar-refractivity contribution in [3.63, 3.8) is 0 Å². The van der Waals surface area contributed by atoms with Crippen molar-refractivity contribution < 1.29 is 24.2 Å². The molecule has 30 heavy (non-hydrogen) atoms. The number of nitrogens with zero attached hydrogens (tertiary/aromatic N) is 1. The number of hydrogen-bond acceptors (Lipinski definition) is 6. The van der Waals surface area contributed by atoms with E-state index in [1.165, 1.54) is 0 Å². The molecule has 3 heterocycles. The first-order valence-electron chi connectivity index (χ1n) is 11.4. The molecule has 0 saturated carbocycles. The van der Waals surface area contributed by atoms with Crippen LogP contribution in [0.5, 0.6) is 0 Å². The van der Waals surface area contributed by atoms with E-state index < -0.39 is 28.7 Å². The summed E-state index contributed by atoms with van der Waals surface area (Å²) in [5, 5.41) is 13.2. The molecule has 3 aliphatic rings. The third kappa shape index (κ3) is 3.64. The van der Waals surface area contributed by atoms with E-state index in [0.29, 0.717) is 6.54 Å². The molecule has 7 atom stereocenters. The van der Waals surface area contributed by atoms with Gasteiger partial charge in [0.1, 0.15) is 6.04 Å². The molecule has 3 aliphatic heterocycles. The quantitative estimate of drug-likeness (QED) is 0.398. The molecule has 0 aromatic rings. The number of nitrogens with one attached hydrogen (secondary N) is 1. The lowest BCUT2D eigenvalue weighted by molar-refractivity contribution is -0.154. The highest BCUT2D eigenvalue weighted by Gasteiger charge is 2.74. The lowest BCUT2D eigenvalue weighted by atomic mass is 9.71. The second-order valence-corrected chi connectivity index (χ2v) is 10.4. The molecule has 0 aromatic carbocycles.